The first-order chi connectivity index (χ1) is 24.9. The summed E-state index contributed by atoms with van der Waals surface area (Å²) in [4.78, 5) is 72.9. The van der Waals surface area contributed by atoms with Crippen LogP contribution in [0.2, 0.25) is 0 Å². The molecule has 3 aromatic carbocycles. The fourth-order valence-corrected chi connectivity index (χ4v) is 7.23. The monoisotopic (exact) mass is 710 g/mol. The Bertz CT molecular complexity index is 1800. The number of ketones is 1. The number of urea groups is 1. The maximum Gasteiger partial charge on any atom is 0.328 e. The Hall–Kier alpha value is -5.19. The maximum atomic E-state index is 14.5. The molecule has 1 aliphatic heterocycles. The number of aryl methyl sites for hydroxylation is 2. The van der Waals surface area contributed by atoms with E-state index >= 15 is 0 Å². The summed E-state index contributed by atoms with van der Waals surface area (Å²) in [5.74, 6) is -1.41. The molecule has 0 spiro atoms. The summed E-state index contributed by atoms with van der Waals surface area (Å²) in [6.45, 7) is 9.53. The van der Waals surface area contributed by atoms with Crippen LogP contribution in [-0.2, 0) is 25.7 Å². The van der Waals surface area contributed by atoms with Gasteiger partial charge in [0.15, 0.2) is 17.9 Å². The molecule has 1 heterocycles. The Morgan fingerprint density at radius 1 is 0.885 bits per heavy atom. The highest BCUT2D eigenvalue weighted by atomic mass is 16.5. The lowest BCUT2D eigenvalue weighted by Gasteiger charge is -2.36. The van der Waals surface area contributed by atoms with E-state index in [0.29, 0.717) is 37.1 Å². The Kier molecular flexibility index (Phi) is 12.0. The molecule has 2 aliphatic rings. The average molecular weight is 711 g/mol. The van der Waals surface area contributed by atoms with Crippen molar-refractivity contribution in [3.63, 3.8) is 0 Å². The van der Waals surface area contributed by atoms with Gasteiger partial charge in [-0.15, -0.1) is 0 Å². The van der Waals surface area contributed by atoms with Crippen molar-refractivity contribution in [2.75, 3.05) is 17.7 Å². The van der Waals surface area contributed by atoms with E-state index in [1.807, 2.05) is 76.2 Å². The summed E-state index contributed by atoms with van der Waals surface area (Å²) in [5.41, 5.74) is 2.42. The van der Waals surface area contributed by atoms with Crippen LogP contribution in [0.25, 0.3) is 0 Å². The second kappa shape index (κ2) is 16.4. The topological polar surface area (TPSA) is 134 Å². The van der Waals surface area contributed by atoms with Crippen LogP contribution in [0.3, 0.4) is 0 Å². The van der Waals surface area contributed by atoms with Crippen molar-refractivity contribution in [2.24, 2.45) is 5.41 Å². The van der Waals surface area contributed by atoms with Gasteiger partial charge in [-0.1, -0.05) is 88.1 Å². The van der Waals surface area contributed by atoms with Crippen molar-refractivity contribution in [2.45, 2.75) is 104 Å². The van der Waals surface area contributed by atoms with Crippen molar-refractivity contribution in [1.29, 1.82) is 0 Å². The first kappa shape index (κ1) is 38.1. The van der Waals surface area contributed by atoms with E-state index in [4.69, 9.17) is 9.47 Å². The van der Waals surface area contributed by atoms with Crippen molar-refractivity contribution >= 4 is 40.9 Å². The molecular formula is C41H50N4O7. The molecule has 5 rings (SSSR count). The summed E-state index contributed by atoms with van der Waals surface area (Å²) < 4.78 is 11.6. The second-order valence-corrected chi connectivity index (χ2v) is 14.1. The van der Waals surface area contributed by atoms with Gasteiger partial charge in [-0.25, -0.2) is 9.69 Å². The SMILES string of the molecule is CCC(Oc1ccc(C)cc1C)C(=O)Nc1ccc(OC)c(NC(=O)C(C(=O)C2(C)CCCCC2)N2C(=O)C(CC)N(Cc3ccccc3)C2=O)c1. The first-order valence-corrected chi connectivity index (χ1v) is 18.2. The molecule has 5 amide bonds. The number of carbonyl (C=O) groups excluding carboxylic acids is 5. The van der Waals surface area contributed by atoms with Crippen LogP contribution >= 0.6 is 0 Å². The quantitative estimate of drug-likeness (QED) is 0.134. The zero-order chi connectivity index (χ0) is 37.6. The molecule has 2 N–H and O–H groups in total. The molecule has 3 aromatic rings. The third kappa shape index (κ3) is 8.14. The number of amides is 5. The number of hydrogen-bond donors (Lipinski definition) is 2. The first-order valence-electron chi connectivity index (χ1n) is 18.2. The molecule has 1 aliphatic carbocycles. The summed E-state index contributed by atoms with van der Waals surface area (Å²) in [7, 11) is 1.43. The lowest BCUT2D eigenvalue weighted by Crippen LogP contribution is -2.56. The molecular weight excluding hydrogens is 660 g/mol. The summed E-state index contributed by atoms with van der Waals surface area (Å²) in [6, 6.07) is 16.5. The van der Waals surface area contributed by atoms with Gasteiger partial charge in [-0.3, -0.25) is 19.2 Å². The van der Waals surface area contributed by atoms with E-state index in [-0.39, 0.29) is 23.9 Å². The van der Waals surface area contributed by atoms with Crippen LogP contribution in [0.5, 0.6) is 11.5 Å². The van der Waals surface area contributed by atoms with Gasteiger partial charge >= 0.3 is 6.03 Å². The van der Waals surface area contributed by atoms with E-state index in [1.54, 1.807) is 19.1 Å². The number of imide groups is 1. The Balaban J connectivity index is 1.43. The number of nitrogens with zero attached hydrogens (tertiary/aromatic N) is 2. The van der Waals surface area contributed by atoms with Crippen molar-refractivity contribution < 1.29 is 33.4 Å². The molecule has 1 saturated heterocycles. The van der Waals surface area contributed by atoms with Crippen LogP contribution < -0.4 is 20.1 Å². The van der Waals surface area contributed by atoms with Crippen LogP contribution in [0.15, 0.2) is 66.7 Å². The molecule has 3 atom stereocenters. The van der Waals surface area contributed by atoms with Crippen LogP contribution in [0.1, 0.15) is 82.4 Å². The van der Waals surface area contributed by atoms with Crippen LogP contribution in [-0.4, -0.2) is 64.6 Å². The van der Waals surface area contributed by atoms with Gasteiger partial charge in [0.2, 0.25) is 0 Å². The van der Waals surface area contributed by atoms with Gasteiger partial charge < -0.3 is 25.0 Å². The van der Waals surface area contributed by atoms with Crippen molar-refractivity contribution in [3.8, 4) is 11.5 Å². The van der Waals surface area contributed by atoms with Crippen LogP contribution in [0, 0.1) is 19.3 Å². The molecule has 0 radical (unpaired) electrons. The number of hydrogen-bond acceptors (Lipinski definition) is 7. The molecule has 3 unspecified atom stereocenters. The Morgan fingerprint density at radius 3 is 2.21 bits per heavy atom. The second-order valence-electron chi connectivity index (χ2n) is 14.1. The predicted molar refractivity (Wildman–Crippen MR) is 199 cm³/mol. The standard InChI is InChI=1S/C41H50N4O7/c1-7-31-39(49)45(40(50)44(31)25-28-15-11-9-12-16-28)35(36(46)41(5)21-13-10-14-22-41)38(48)43-30-24-29(18-20-34(30)51-6)42-37(47)32(8-2)52-33-19-17-26(3)23-27(33)4/h9,11-12,15-20,23-24,31-32,35H,7-8,10,13-14,21-22,25H2,1-6H3,(H,42,47)(H,43,48). The van der Waals surface area contributed by atoms with Gasteiger partial charge in [0, 0.05) is 17.6 Å². The minimum Gasteiger partial charge on any atom is -0.495 e. The fourth-order valence-electron chi connectivity index (χ4n) is 7.23. The number of ether oxygens (including phenoxy) is 2. The largest absolute Gasteiger partial charge is 0.495 e. The fraction of sp³-hybridized carbons (Fsp3) is 0.439. The number of methoxy groups -OCH3 is 1. The molecule has 11 heteroatoms. The van der Waals surface area contributed by atoms with Crippen molar-refractivity contribution in [1.82, 2.24) is 9.80 Å². The highest BCUT2D eigenvalue weighted by molar-refractivity contribution is 6.19. The molecule has 52 heavy (non-hydrogen) atoms. The zero-order valence-electron chi connectivity index (χ0n) is 31.0. The van der Waals surface area contributed by atoms with E-state index < -0.39 is 47.2 Å². The molecule has 0 bridgehead atoms. The number of Topliss-reactive ketones (excluding diaryl/α,β-unsaturated/α-hetero) is 1. The lowest BCUT2D eigenvalue weighted by molar-refractivity contribution is -0.145. The van der Waals surface area contributed by atoms with Gasteiger partial charge in [0.1, 0.15) is 17.5 Å². The maximum absolute atomic E-state index is 14.5. The molecule has 2 fully saturated rings. The number of rotatable bonds is 14. The molecule has 11 nitrogen and oxygen atoms in total. The number of benzene rings is 3. The number of nitrogens with one attached hydrogen (secondary N) is 2. The summed E-state index contributed by atoms with van der Waals surface area (Å²) in [5, 5.41) is 5.66. The highest BCUT2D eigenvalue weighted by Gasteiger charge is 2.54. The van der Waals surface area contributed by atoms with Gasteiger partial charge in [0.25, 0.3) is 17.7 Å². The minimum absolute atomic E-state index is 0.154. The Morgan fingerprint density at radius 2 is 1.58 bits per heavy atom. The van der Waals surface area contributed by atoms with E-state index in [0.717, 1.165) is 40.9 Å². The number of anilines is 2. The molecule has 1 saturated carbocycles. The minimum atomic E-state index is -1.71. The smallest absolute Gasteiger partial charge is 0.328 e. The van der Waals surface area contributed by atoms with E-state index in [9.17, 15) is 24.0 Å². The van der Waals surface area contributed by atoms with Crippen LogP contribution in [0.4, 0.5) is 16.2 Å². The summed E-state index contributed by atoms with van der Waals surface area (Å²) >= 11 is 0. The third-order valence-corrected chi connectivity index (χ3v) is 10.2. The summed E-state index contributed by atoms with van der Waals surface area (Å²) in [6.07, 6.45) is 3.59. The normalized spacial score (nSPS) is 18.1. The van der Waals surface area contributed by atoms with E-state index in [1.165, 1.54) is 18.1 Å². The predicted octanol–water partition coefficient (Wildman–Crippen LogP) is 7.20. The van der Waals surface area contributed by atoms with Gasteiger partial charge in [-0.2, -0.15) is 0 Å². The molecule has 276 valence electrons. The third-order valence-electron chi connectivity index (χ3n) is 10.2. The zero-order valence-corrected chi connectivity index (χ0v) is 31.0. The van der Waals surface area contributed by atoms with Gasteiger partial charge in [0.05, 0.1) is 12.8 Å². The van der Waals surface area contributed by atoms with Crippen molar-refractivity contribution in [3.05, 3.63) is 83.4 Å². The number of carbonyl (C=O) groups is 5. The van der Waals surface area contributed by atoms with Gasteiger partial charge in [-0.05, 0) is 74.9 Å². The molecule has 0 aromatic heterocycles. The Labute approximate surface area is 306 Å². The average Bonchev–Trinajstić information content (AvgIpc) is 3.36. The van der Waals surface area contributed by atoms with E-state index in [2.05, 4.69) is 10.6 Å². The lowest BCUT2D eigenvalue weighted by atomic mass is 9.70. The highest BCUT2D eigenvalue weighted by Crippen LogP contribution is 2.40.